The Morgan fingerprint density at radius 2 is 1.52 bits per heavy atom. The van der Waals surface area contributed by atoms with Crippen LogP contribution in [0.1, 0.15) is 82.5 Å². The fraction of sp³-hybridized carbons (Fsp3) is 0.810. The first-order valence-corrected chi connectivity index (χ1v) is 10.8. The normalized spacial score (nSPS) is 11.1. The zero-order valence-electron chi connectivity index (χ0n) is 17.4. The minimum Gasteiger partial charge on any atom is -0.490 e. The molecule has 0 N–H and O–H groups in total. The van der Waals surface area contributed by atoms with Crippen LogP contribution in [-0.4, -0.2) is 37.1 Å². The second-order valence-corrected chi connectivity index (χ2v) is 7.29. The number of hydrogen-bond donors (Lipinski definition) is 0. The van der Waals surface area contributed by atoms with Gasteiger partial charge >= 0.3 is 0 Å². The van der Waals surface area contributed by atoms with Crippen molar-refractivity contribution in [1.29, 1.82) is 0 Å². The van der Waals surface area contributed by atoms with Crippen molar-refractivity contribution in [3.05, 3.63) is 16.7 Å². The molecule has 27 heavy (non-hydrogen) atoms. The Kier molecular flexibility index (Phi) is 14.4. The van der Waals surface area contributed by atoms with E-state index in [9.17, 15) is 0 Å². The Labute approximate surface area is 170 Å². The third-order valence-corrected chi connectivity index (χ3v) is 4.64. The van der Waals surface area contributed by atoms with Crippen LogP contribution < -0.4 is 4.74 Å². The van der Waals surface area contributed by atoms with Crippen LogP contribution in [0.4, 0.5) is 0 Å². The molecule has 1 heterocycles. The van der Waals surface area contributed by atoms with E-state index in [-0.39, 0.29) is 0 Å². The van der Waals surface area contributed by atoms with E-state index in [0.29, 0.717) is 18.7 Å². The summed E-state index contributed by atoms with van der Waals surface area (Å²) in [7, 11) is 1.65. The van der Waals surface area contributed by atoms with Crippen LogP contribution in [0.15, 0.2) is 0 Å². The van der Waals surface area contributed by atoms with Crippen LogP contribution in [0.5, 0.6) is 5.75 Å². The highest BCUT2D eigenvalue weighted by Gasteiger charge is 2.12. The molecule has 0 aliphatic rings. The minimum absolute atomic E-state index is 0.319. The number of hydrogen-bond acceptors (Lipinski definition) is 5. The molecule has 0 saturated heterocycles. The molecule has 0 spiro atoms. The zero-order valence-corrected chi connectivity index (χ0v) is 18.2. The summed E-state index contributed by atoms with van der Waals surface area (Å²) < 4.78 is 16.1. The highest BCUT2D eigenvalue weighted by atomic mass is 35.5. The number of ether oxygens (including phenoxy) is 3. The van der Waals surface area contributed by atoms with Crippen molar-refractivity contribution in [2.75, 3.05) is 27.1 Å². The SMILES string of the molecule is CCCCOc1c(C)nc(Cl)nc1CCCCCCCCCCOCOC. The Balaban J connectivity index is 2.17. The first-order valence-electron chi connectivity index (χ1n) is 10.4. The van der Waals surface area contributed by atoms with Crippen molar-refractivity contribution >= 4 is 11.6 Å². The second-order valence-electron chi connectivity index (χ2n) is 6.95. The fourth-order valence-electron chi connectivity index (χ4n) is 2.96. The molecule has 5 nitrogen and oxygen atoms in total. The van der Waals surface area contributed by atoms with E-state index in [2.05, 4.69) is 16.9 Å². The van der Waals surface area contributed by atoms with E-state index < -0.39 is 0 Å². The summed E-state index contributed by atoms with van der Waals surface area (Å²) in [6, 6.07) is 0. The Bertz CT molecular complexity index is 501. The standard InChI is InChI=1S/C21H37ClN2O3/c1-4-5-16-27-20-18(2)23-21(22)24-19(20)14-12-10-8-6-7-9-11-13-15-26-17-25-3/h4-17H2,1-3H3. The lowest BCUT2D eigenvalue weighted by Crippen LogP contribution is -2.06. The van der Waals surface area contributed by atoms with E-state index in [0.717, 1.165) is 55.8 Å². The first kappa shape index (κ1) is 24.1. The highest BCUT2D eigenvalue weighted by molar-refractivity contribution is 6.28. The molecule has 0 bridgehead atoms. The lowest BCUT2D eigenvalue weighted by molar-refractivity contribution is -0.0315. The molecule has 0 fully saturated rings. The van der Waals surface area contributed by atoms with Gasteiger partial charge in [-0.15, -0.1) is 0 Å². The number of aromatic nitrogens is 2. The molecule has 1 rings (SSSR count). The van der Waals surface area contributed by atoms with Gasteiger partial charge in [-0.05, 0) is 44.2 Å². The summed E-state index contributed by atoms with van der Waals surface area (Å²) in [5.41, 5.74) is 1.80. The van der Waals surface area contributed by atoms with Crippen molar-refractivity contribution in [3.8, 4) is 5.75 Å². The lowest BCUT2D eigenvalue weighted by Gasteiger charge is -2.13. The monoisotopic (exact) mass is 400 g/mol. The molecule has 0 aliphatic carbocycles. The van der Waals surface area contributed by atoms with E-state index in [1.807, 2.05) is 6.92 Å². The van der Waals surface area contributed by atoms with Crippen LogP contribution in [0.2, 0.25) is 5.28 Å². The van der Waals surface area contributed by atoms with Crippen LogP contribution in [0, 0.1) is 6.92 Å². The van der Waals surface area contributed by atoms with Crippen LogP contribution in [0.25, 0.3) is 0 Å². The summed E-state index contributed by atoms with van der Waals surface area (Å²) in [5.74, 6) is 0.837. The topological polar surface area (TPSA) is 53.5 Å². The Hall–Kier alpha value is -0.910. The van der Waals surface area contributed by atoms with Gasteiger partial charge in [-0.25, -0.2) is 9.97 Å². The lowest BCUT2D eigenvalue weighted by atomic mass is 10.1. The number of halogens is 1. The largest absolute Gasteiger partial charge is 0.490 e. The van der Waals surface area contributed by atoms with Crippen LogP contribution in [-0.2, 0) is 15.9 Å². The van der Waals surface area contributed by atoms with Crippen LogP contribution >= 0.6 is 11.6 Å². The molecule has 0 aliphatic heterocycles. The summed E-state index contributed by atoms with van der Waals surface area (Å²) in [5, 5.41) is 0.319. The van der Waals surface area contributed by atoms with E-state index in [4.69, 9.17) is 25.8 Å². The molecule has 0 amide bonds. The summed E-state index contributed by atoms with van der Waals surface area (Å²) in [6.45, 7) is 6.02. The molecule has 156 valence electrons. The summed E-state index contributed by atoms with van der Waals surface area (Å²) >= 11 is 6.04. The first-order chi connectivity index (χ1) is 13.2. The molecule has 6 heteroatoms. The number of rotatable bonds is 17. The third kappa shape index (κ3) is 11.5. The Morgan fingerprint density at radius 3 is 2.19 bits per heavy atom. The van der Waals surface area contributed by atoms with Gasteiger partial charge in [-0.2, -0.15) is 0 Å². The maximum Gasteiger partial charge on any atom is 0.223 e. The van der Waals surface area contributed by atoms with Gasteiger partial charge < -0.3 is 14.2 Å². The molecular formula is C21H37ClN2O3. The number of unbranched alkanes of at least 4 members (excludes halogenated alkanes) is 8. The van der Waals surface area contributed by atoms with Gasteiger partial charge in [0.25, 0.3) is 0 Å². The number of aryl methyl sites for hydroxylation is 2. The van der Waals surface area contributed by atoms with Gasteiger partial charge in [0.1, 0.15) is 6.79 Å². The van der Waals surface area contributed by atoms with E-state index in [1.165, 1.54) is 38.5 Å². The molecule has 0 saturated carbocycles. The van der Waals surface area contributed by atoms with E-state index in [1.54, 1.807) is 7.11 Å². The highest BCUT2D eigenvalue weighted by Crippen LogP contribution is 2.24. The fourth-order valence-corrected chi connectivity index (χ4v) is 3.19. The molecular weight excluding hydrogens is 364 g/mol. The van der Waals surface area contributed by atoms with E-state index >= 15 is 0 Å². The van der Waals surface area contributed by atoms with Crippen molar-refractivity contribution < 1.29 is 14.2 Å². The number of methoxy groups -OCH3 is 1. The van der Waals surface area contributed by atoms with Crippen molar-refractivity contribution in [2.45, 2.75) is 84.5 Å². The molecule has 0 aromatic carbocycles. The van der Waals surface area contributed by atoms with Gasteiger partial charge in [0.15, 0.2) is 5.75 Å². The third-order valence-electron chi connectivity index (χ3n) is 4.48. The molecule has 0 unspecified atom stereocenters. The Morgan fingerprint density at radius 1 is 0.852 bits per heavy atom. The van der Waals surface area contributed by atoms with Gasteiger partial charge in [-0.3, -0.25) is 0 Å². The predicted octanol–water partition coefficient (Wildman–Crippen LogP) is 5.90. The van der Waals surface area contributed by atoms with Gasteiger partial charge in [0, 0.05) is 13.7 Å². The maximum absolute atomic E-state index is 6.04. The minimum atomic E-state index is 0.319. The van der Waals surface area contributed by atoms with Gasteiger partial charge in [0.2, 0.25) is 5.28 Å². The van der Waals surface area contributed by atoms with Crippen molar-refractivity contribution in [3.63, 3.8) is 0 Å². The average Bonchev–Trinajstić information content (AvgIpc) is 2.64. The summed E-state index contributed by atoms with van der Waals surface area (Å²) in [6.07, 6.45) is 12.9. The molecule has 0 radical (unpaired) electrons. The van der Waals surface area contributed by atoms with Gasteiger partial charge in [0.05, 0.1) is 18.0 Å². The van der Waals surface area contributed by atoms with Crippen molar-refractivity contribution in [2.24, 2.45) is 0 Å². The van der Waals surface area contributed by atoms with Crippen molar-refractivity contribution in [1.82, 2.24) is 9.97 Å². The number of nitrogens with zero attached hydrogens (tertiary/aromatic N) is 2. The molecule has 1 aromatic rings. The zero-order chi connectivity index (χ0) is 19.7. The second kappa shape index (κ2) is 16.1. The average molecular weight is 401 g/mol. The summed E-state index contributed by atoms with van der Waals surface area (Å²) in [4.78, 5) is 8.65. The maximum atomic E-state index is 6.04. The van der Waals surface area contributed by atoms with Gasteiger partial charge in [-0.1, -0.05) is 51.9 Å². The molecule has 0 atom stereocenters. The quantitative estimate of drug-likeness (QED) is 0.185. The predicted molar refractivity (Wildman–Crippen MR) is 111 cm³/mol. The molecule has 1 aromatic heterocycles. The smallest absolute Gasteiger partial charge is 0.223 e. The van der Waals surface area contributed by atoms with Crippen LogP contribution in [0.3, 0.4) is 0 Å².